The Morgan fingerprint density at radius 1 is 1.05 bits per heavy atom. The van der Waals surface area contributed by atoms with Gasteiger partial charge in [-0.05, 0) is 29.8 Å². The highest BCUT2D eigenvalue weighted by Crippen LogP contribution is 2.26. The standard InChI is InChI=1S/C14H11Cl2F2NO2S/c1-19(14-7-10(17)3-5-13(14)18)22(20,21)8-9-2-4-11(15)12(16)6-9/h2-7H,8H2,1H3. The molecule has 0 saturated heterocycles. The number of nitrogens with zero attached hydrogens (tertiary/aromatic N) is 1. The summed E-state index contributed by atoms with van der Waals surface area (Å²) in [6.45, 7) is 0. The maximum Gasteiger partial charge on any atom is 0.239 e. The minimum Gasteiger partial charge on any atom is -0.270 e. The fraction of sp³-hybridized carbons (Fsp3) is 0.143. The van der Waals surface area contributed by atoms with Crippen LogP contribution in [-0.4, -0.2) is 15.5 Å². The number of sulfonamides is 1. The van der Waals surface area contributed by atoms with E-state index in [1.807, 2.05) is 0 Å². The zero-order chi connectivity index (χ0) is 16.5. The van der Waals surface area contributed by atoms with Crippen molar-refractivity contribution in [2.45, 2.75) is 5.75 Å². The van der Waals surface area contributed by atoms with Crippen molar-refractivity contribution >= 4 is 38.9 Å². The van der Waals surface area contributed by atoms with E-state index in [0.717, 1.165) is 25.2 Å². The molecule has 0 atom stereocenters. The lowest BCUT2D eigenvalue weighted by atomic mass is 10.2. The van der Waals surface area contributed by atoms with Gasteiger partial charge in [0.15, 0.2) is 0 Å². The van der Waals surface area contributed by atoms with E-state index in [9.17, 15) is 17.2 Å². The van der Waals surface area contributed by atoms with Crippen molar-refractivity contribution in [1.82, 2.24) is 0 Å². The van der Waals surface area contributed by atoms with Gasteiger partial charge in [-0.3, -0.25) is 4.31 Å². The number of hydrogen-bond acceptors (Lipinski definition) is 2. The summed E-state index contributed by atoms with van der Waals surface area (Å²) < 4.78 is 52.2. The highest BCUT2D eigenvalue weighted by molar-refractivity contribution is 7.92. The molecule has 0 aliphatic rings. The average molecular weight is 366 g/mol. The highest BCUT2D eigenvalue weighted by Gasteiger charge is 2.22. The van der Waals surface area contributed by atoms with Gasteiger partial charge in [0, 0.05) is 13.1 Å². The molecule has 118 valence electrons. The Morgan fingerprint density at radius 3 is 2.36 bits per heavy atom. The average Bonchev–Trinajstić information content (AvgIpc) is 2.44. The van der Waals surface area contributed by atoms with Gasteiger partial charge in [0.1, 0.15) is 11.6 Å². The van der Waals surface area contributed by atoms with Crippen LogP contribution in [0.3, 0.4) is 0 Å². The van der Waals surface area contributed by atoms with E-state index in [1.165, 1.54) is 18.2 Å². The molecule has 0 saturated carbocycles. The summed E-state index contributed by atoms with van der Waals surface area (Å²) >= 11 is 11.6. The van der Waals surface area contributed by atoms with Gasteiger partial charge >= 0.3 is 0 Å². The topological polar surface area (TPSA) is 37.4 Å². The summed E-state index contributed by atoms with van der Waals surface area (Å²) in [4.78, 5) is 0. The maximum atomic E-state index is 13.7. The number of hydrogen-bond donors (Lipinski definition) is 0. The zero-order valence-electron chi connectivity index (χ0n) is 11.4. The Bertz CT molecular complexity index is 812. The molecule has 3 nitrogen and oxygen atoms in total. The maximum absolute atomic E-state index is 13.7. The number of rotatable bonds is 4. The second kappa shape index (κ2) is 6.40. The monoisotopic (exact) mass is 365 g/mol. The molecule has 0 bridgehead atoms. The van der Waals surface area contributed by atoms with Crippen molar-refractivity contribution in [3.8, 4) is 0 Å². The third-order valence-corrected chi connectivity index (χ3v) is 5.47. The molecule has 2 rings (SSSR count). The molecule has 22 heavy (non-hydrogen) atoms. The molecular formula is C14H11Cl2F2NO2S. The van der Waals surface area contributed by atoms with E-state index in [1.54, 1.807) is 0 Å². The summed E-state index contributed by atoms with van der Waals surface area (Å²) in [5.74, 6) is -1.98. The summed E-state index contributed by atoms with van der Waals surface area (Å²) in [7, 11) is -2.75. The van der Waals surface area contributed by atoms with Crippen LogP contribution in [0.5, 0.6) is 0 Å². The Balaban J connectivity index is 2.33. The zero-order valence-corrected chi connectivity index (χ0v) is 13.7. The van der Waals surface area contributed by atoms with Crippen LogP contribution < -0.4 is 4.31 Å². The largest absolute Gasteiger partial charge is 0.270 e. The summed E-state index contributed by atoms with van der Waals surface area (Å²) in [5.41, 5.74) is 0.0260. The molecule has 2 aromatic carbocycles. The van der Waals surface area contributed by atoms with Crippen LogP contribution >= 0.6 is 23.2 Å². The van der Waals surface area contributed by atoms with Crippen molar-refractivity contribution < 1.29 is 17.2 Å². The van der Waals surface area contributed by atoms with Crippen LogP contribution in [0.2, 0.25) is 10.0 Å². The van der Waals surface area contributed by atoms with Crippen LogP contribution in [0.15, 0.2) is 36.4 Å². The Labute approximate surface area is 137 Å². The van der Waals surface area contributed by atoms with Crippen LogP contribution in [-0.2, 0) is 15.8 Å². The lowest BCUT2D eigenvalue weighted by Gasteiger charge is -2.20. The molecule has 0 aromatic heterocycles. The molecule has 0 unspecified atom stereocenters. The quantitative estimate of drug-likeness (QED) is 0.812. The summed E-state index contributed by atoms with van der Waals surface area (Å²) in [5, 5.41) is 0.515. The Morgan fingerprint density at radius 2 is 1.73 bits per heavy atom. The predicted octanol–water partition coefficient (Wildman–Crippen LogP) is 4.24. The van der Waals surface area contributed by atoms with Gasteiger partial charge in [-0.1, -0.05) is 29.3 Å². The molecule has 0 radical (unpaired) electrons. The molecule has 0 fully saturated rings. The summed E-state index contributed by atoms with van der Waals surface area (Å²) in [6, 6.07) is 6.99. The SMILES string of the molecule is CN(c1cc(F)ccc1F)S(=O)(=O)Cc1ccc(Cl)c(Cl)c1. The second-order valence-corrected chi connectivity index (χ2v) is 7.38. The van der Waals surface area contributed by atoms with Crippen LogP contribution in [0.25, 0.3) is 0 Å². The molecule has 0 heterocycles. The Hall–Kier alpha value is -1.37. The first kappa shape index (κ1) is 17.0. The molecule has 0 N–H and O–H groups in total. The van der Waals surface area contributed by atoms with E-state index in [2.05, 4.69) is 0 Å². The van der Waals surface area contributed by atoms with Crippen LogP contribution in [0, 0.1) is 11.6 Å². The van der Waals surface area contributed by atoms with Gasteiger partial charge < -0.3 is 0 Å². The van der Waals surface area contributed by atoms with Crippen molar-refractivity contribution in [1.29, 1.82) is 0 Å². The van der Waals surface area contributed by atoms with Gasteiger partial charge in [-0.15, -0.1) is 0 Å². The first-order valence-electron chi connectivity index (χ1n) is 6.06. The molecule has 0 aliphatic carbocycles. The van der Waals surface area contributed by atoms with E-state index in [-0.39, 0.29) is 10.7 Å². The minimum atomic E-state index is -3.91. The van der Waals surface area contributed by atoms with Gasteiger partial charge in [0.25, 0.3) is 0 Å². The normalized spacial score (nSPS) is 11.5. The molecule has 2 aromatic rings. The fourth-order valence-electron chi connectivity index (χ4n) is 1.81. The van der Waals surface area contributed by atoms with Crippen molar-refractivity contribution in [3.63, 3.8) is 0 Å². The predicted molar refractivity (Wildman–Crippen MR) is 83.8 cm³/mol. The van der Waals surface area contributed by atoms with Gasteiger partial charge in [0.05, 0.1) is 21.5 Å². The first-order valence-corrected chi connectivity index (χ1v) is 8.43. The van der Waals surface area contributed by atoms with E-state index >= 15 is 0 Å². The third kappa shape index (κ3) is 3.69. The number of anilines is 1. The molecule has 0 spiro atoms. The van der Waals surface area contributed by atoms with Crippen LogP contribution in [0.4, 0.5) is 14.5 Å². The minimum absolute atomic E-state index is 0.217. The van der Waals surface area contributed by atoms with Crippen LogP contribution in [0.1, 0.15) is 5.56 Å². The lowest BCUT2D eigenvalue weighted by molar-refractivity contribution is 0.584. The number of benzene rings is 2. The summed E-state index contributed by atoms with van der Waals surface area (Å²) in [6.07, 6.45) is 0. The van der Waals surface area contributed by atoms with Crippen molar-refractivity contribution in [2.24, 2.45) is 0 Å². The van der Waals surface area contributed by atoms with E-state index in [4.69, 9.17) is 23.2 Å². The smallest absolute Gasteiger partial charge is 0.239 e. The number of halogens is 4. The molecular weight excluding hydrogens is 355 g/mol. The van der Waals surface area contributed by atoms with Crippen molar-refractivity contribution in [3.05, 3.63) is 63.6 Å². The third-order valence-electron chi connectivity index (χ3n) is 3.00. The lowest BCUT2D eigenvalue weighted by Crippen LogP contribution is -2.28. The van der Waals surface area contributed by atoms with Gasteiger partial charge in [0.2, 0.25) is 10.0 Å². The second-order valence-electron chi connectivity index (χ2n) is 4.57. The van der Waals surface area contributed by atoms with Crippen molar-refractivity contribution in [2.75, 3.05) is 11.4 Å². The van der Waals surface area contributed by atoms with Gasteiger partial charge in [-0.2, -0.15) is 0 Å². The van der Waals surface area contributed by atoms with E-state index < -0.39 is 27.4 Å². The van der Waals surface area contributed by atoms with E-state index in [0.29, 0.717) is 14.9 Å². The first-order chi connectivity index (χ1) is 10.2. The fourth-order valence-corrected chi connectivity index (χ4v) is 3.37. The molecule has 0 aliphatic heterocycles. The van der Waals surface area contributed by atoms with Gasteiger partial charge in [-0.25, -0.2) is 17.2 Å². The molecule has 8 heteroatoms. The Kier molecular flexibility index (Phi) is 4.94. The highest BCUT2D eigenvalue weighted by atomic mass is 35.5. The molecule has 0 amide bonds.